The second-order valence-corrected chi connectivity index (χ2v) is 9.92. The van der Waals surface area contributed by atoms with E-state index < -0.39 is 5.97 Å². The maximum Gasteiger partial charge on any atom is 0.358 e. The molecule has 3 heterocycles. The highest BCUT2D eigenvalue weighted by atomic mass is 35.5. The van der Waals surface area contributed by atoms with Gasteiger partial charge in [0.25, 0.3) is 5.56 Å². The Morgan fingerprint density at radius 2 is 1.75 bits per heavy atom. The number of fused-ring (bicyclic) bond motifs is 1. The van der Waals surface area contributed by atoms with E-state index in [0.29, 0.717) is 22.5 Å². The Labute approximate surface area is 235 Å². The van der Waals surface area contributed by atoms with E-state index in [0.717, 1.165) is 27.6 Å². The number of carbonyl (C=O) groups excluding carboxylic acids is 1. The van der Waals surface area contributed by atoms with Crippen molar-refractivity contribution in [2.75, 3.05) is 12.4 Å². The molecule has 1 N–H and O–H groups in total. The maximum absolute atomic E-state index is 13.5. The van der Waals surface area contributed by atoms with Crippen LogP contribution in [0.15, 0.2) is 77.7 Å². The molecule has 2 aromatic carbocycles. The number of ether oxygens (including phenoxy) is 1. The third-order valence-electron chi connectivity index (χ3n) is 6.81. The third-order valence-corrected chi connectivity index (χ3v) is 7.02. The van der Waals surface area contributed by atoms with E-state index >= 15 is 0 Å². The number of esters is 1. The summed E-state index contributed by atoms with van der Waals surface area (Å²) in [6, 6.07) is 18.7. The standard InChI is InChI=1S/C31H26ClFN4O3/c1-17-13-22(18(2)35-26-11-12-28(32)36-29(26)31(39)40-4)23-15-27(37(3)30(38)24(23)14-17)20-7-10-25(34-16-20)19-5-8-21(33)9-6-19/h5-16,18,35H,1-4H3/t18-/m1/s1. The number of anilines is 1. The molecule has 1 atom stereocenters. The summed E-state index contributed by atoms with van der Waals surface area (Å²) in [7, 11) is 3.02. The first-order chi connectivity index (χ1) is 19.2. The van der Waals surface area contributed by atoms with E-state index in [1.807, 2.05) is 44.2 Å². The van der Waals surface area contributed by atoms with Gasteiger partial charge in [-0.1, -0.05) is 17.7 Å². The molecular weight excluding hydrogens is 531 g/mol. The molecule has 0 fully saturated rings. The molecule has 0 aliphatic heterocycles. The summed E-state index contributed by atoms with van der Waals surface area (Å²) in [5, 5.41) is 4.86. The normalized spacial score (nSPS) is 11.8. The molecule has 0 spiro atoms. The summed E-state index contributed by atoms with van der Waals surface area (Å²) in [4.78, 5) is 34.6. The van der Waals surface area contributed by atoms with E-state index in [4.69, 9.17) is 16.3 Å². The van der Waals surface area contributed by atoms with Crippen LogP contribution < -0.4 is 10.9 Å². The van der Waals surface area contributed by atoms with Crippen molar-refractivity contribution in [2.24, 2.45) is 7.05 Å². The summed E-state index contributed by atoms with van der Waals surface area (Å²) in [5.74, 6) is -0.922. The molecule has 0 unspecified atom stereocenters. The molecule has 5 rings (SSSR count). The Kier molecular flexibility index (Phi) is 7.36. The first-order valence-electron chi connectivity index (χ1n) is 12.5. The molecule has 0 saturated heterocycles. The Hall–Kier alpha value is -4.56. The van der Waals surface area contributed by atoms with E-state index in [1.54, 1.807) is 42.1 Å². The number of nitrogens with zero attached hydrogens (tertiary/aromatic N) is 3. The molecule has 0 aliphatic rings. The highest BCUT2D eigenvalue weighted by Crippen LogP contribution is 2.32. The molecule has 40 heavy (non-hydrogen) atoms. The highest BCUT2D eigenvalue weighted by Gasteiger charge is 2.20. The number of nitrogens with one attached hydrogen (secondary N) is 1. The number of hydrogen-bond donors (Lipinski definition) is 1. The van der Waals surface area contributed by atoms with E-state index in [2.05, 4.69) is 15.3 Å². The molecule has 5 aromatic rings. The molecular formula is C31H26ClFN4O3. The average Bonchev–Trinajstić information content (AvgIpc) is 2.96. The lowest BCUT2D eigenvalue weighted by Gasteiger charge is -2.21. The fraction of sp³-hybridized carbons (Fsp3) is 0.161. The minimum absolute atomic E-state index is 0.0720. The van der Waals surface area contributed by atoms with Gasteiger partial charge in [0.05, 0.1) is 24.2 Å². The third kappa shape index (κ3) is 5.18. The summed E-state index contributed by atoms with van der Waals surface area (Å²) < 4.78 is 19.8. The number of halogens is 2. The van der Waals surface area contributed by atoms with Crippen LogP contribution in [0.2, 0.25) is 5.15 Å². The van der Waals surface area contributed by atoms with Crippen molar-refractivity contribution in [3.63, 3.8) is 0 Å². The number of rotatable bonds is 6. The van der Waals surface area contributed by atoms with Gasteiger partial charge >= 0.3 is 5.97 Å². The van der Waals surface area contributed by atoms with Crippen LogP contribution >= 0.6 is 11.6 Å². The van der Waals surface area contributed by atoms with Crippen molar-refractivity contribution in [3.05, 3.63) is 111 Å². The smallest absolute Gasteiger partial charge is 0.358 e. The second-order valence-electron chi connectivity index (χ2n) is 9.54. The molecule has 3 aromatic heterocycles. The predicted molar refractivity (Wildman–Crippen MR) is 155 cm³/mol. The van der Waals surface area contributed by atoms with Gasteiger partial charge < -0.3 is 14.6 Å². The summed E-state index contributed by atoms with van der Waals surface area (Å²) in [6.45, 7) is 3.88. The van der Waals surface area contributed by atoms with Crippen LogP contribution in [0.5, 0.6) is 0 Å². The van der Waals surface area contributed by atoms with Gasteiger partial charge in [-0.2, -0.15) is 0 Å². The number of methoxy groups -OCH3 is 1. The Morgan fingerprint density at radius 1 is 1.02 bits per heavy atom. The van der Waals surface area contributed by atoms with E-state index in [1.165, 1.54) is 19.2 Å². The summed E-state index contributed by atoms with van der Waals surface area (Å²) >= 11 is 6.03. The predicted octanol–water partition coefficient (Wildman–Crippen LogP) is 6.72. The van der Waals surface area contributed by atoms with Crippen molar-refractivity contribution >= 4 is 34.0 Å². The fourth-order valence-electron chi connectivity index (χ4n) is 4.77. The topological polar surface area (TPSA) is 86.1 Å². The van der Waals surface area contributed by atoms with Gasteiger partial charge in [0.15, 0.2) is 5.69 Å². The fourth-order valence-corrected chi connectivity index (χ4v) is 4.92. The van der Waals surface area contributed by atoms with Crippen LogP contribution in [-0.2, 0) is 11.8 Å². The van der Waals surface area contributed by atoms with Crippen molar-refractivity contribution in [3.8, 4) is 22.5 Å². The van der Waals surface area contributed by atoms with E-state index in [-0.39, 0.29) is 28.3 Å². The zero-order valence-electron chi connectivity index (χ0n) is 22.3. The van der Waals surface area contributed by atoms with E-state index in [9.17, 15) is 14.0 Å². The zero-order chi connectivity index (χ0) is 28.6. The highest BCUT2D eigenvalue weighted by molar-refractivity contribution is 6.29. The van der Waals surface area contributed by atoms with Gasteiger partial charge in [0.2, 0.25) is 0 Å². The largest absolute Gasteiger partial charge is 0.464 e. The lowest BCUT2D eigenvalue weighted by molar-refractivity contribution is 0.0595. The minimum atomic E-state index is -0.612. The van der Waals surface area contributed by atoms with Gasteiger partial charge in [-0.15, -0.1) is 0 Å². The van der Waals surface area contributed by atoms with Crippen LogP contribution in [-0.4, -0.2) is 27.6 Å². The SMILES string of the molecule is COC(=O)c1nc(Cl)ccc1N[C@H](C)c1cc(C)cc2c(=O)n(C)c(-c3ccc(-c4ccc(F)cc4)nc3)cc12. The molecule has 202 valence electrons. The number of aryl methyl sites for hydroxylation is 1. The molecule has 0 radical (unpaired) electrons. The first-order valence-corrected chi connectivity index (χ1v) is 12.9. The number of aromatic nitrogens is 3. The lowest BCUT2D eigenvalue weighted by Crippen LogP contribution is -2.20. The number of benzene rings is 2. The number of carbonyl (C=O) groups is 1. The van der Waals surface area contributed by atoms with Gasteiger partial charge in [-0.05, 0) is 91.0 Å². The van der Waals surface area contributed by atoms with Crippen LogP contribution in [0.1, 0.15) is 34.6 Å². The quantitative estimate of drug-likeness (QED) is 0.184. The molecule has 0 bridgehead atoms. The summed E-state index contributed by atoms with van der Waals surface area (Å²) in [6.07, 6.45) is 1.71. The summed E-state index contributed by atoms with van der Waals surface area (Å²) in [5.41, 5.74) is 5.12. The number of hydrogen-bond acceptors (Lipinski definition) is 6. The monoisotopic (exact) mass is 556 g/mol. The van der Waals surface area contributed by atoms with Crippen molar-refractivity contribution < 1.29 is 13.9 Å². The van der Waals surface area contributed by atoms with Crippen LogP contribution in [0.4, 0.5) is 10.1 Å². The molecule has 9 heteroatoms. The van der Waals surface area contributed by atoms with Gasteiger partial charge in [-0.25, -0.2) is 14.2 Å². The number of pyridine rings is 3. The van der Waals surface area contributed by atoms with Crippen LogP contribution in [0, 0.1) is 12.7 Å². The maximum atomic E-state index is 13.5. The zero-order valence-corrected chi connectivity index (χ0v) is 23.1. The van der Waals surface area contributed by atoms with Gasteiger partial charge in [-0.3, -0.25) is 9.78 Å². The van der Waals surface area contributed by atoms with Crippen LogP contribution in [0.3, 0.4) is 0 Å². The lowest BCUT2D eigenvalue weighted by atomic mass is 9.96. The van der Waals surface area contributed by atoms with Crippen LogP contribution in [0.25, 0.3) is 33.3 Å². The molecule has 7 nitrogen and oxygen atoms in total. The molecule has 0 saturated carbocycles. The molecule has 0 amide bonds. The first kappa shape index (κ1) is 27.0. The van der Waals surface area contributed by atoms with Crippen molar-refractivity contribution in [1.82, 2.24) is 14.5 Å². The van der Waals surface area contributed by atoms with Crippen molar-refractivity contribution in [2.45, 2.75) is 19.9 Å². The Balaban J connectivity index is 1.58. The Morgan fingerprint density at radius 3 is 2.42 bits per heavy atom. The minimum Gasteiger partial charge on any atom is -0.464 e. The van der Waals surface area contributed by atoms with Gasteiger partial charge in [0.1, 0.15) is 11.0 Å². The average molecular weight is 557 g/mol. The van der Waals surface area contributed by atoms with Crippen molar-refractivity contribution in [1.29, 1.82) is 0 Å². The molecule has 0 aliphatic carbocycles. The van der Waals surface area contributed by atoms with Gasteiger partial charge in [0, 0.05) is 35.8 Å². The second kappa shape index (κ2) is 10.9. The Bertz CT molecular complexity index is 1800.